The van der Waals surface area contributed by atoms with Gasteiger partial charge in [0.1, 0.15) is 0 Å². The Kier molecular flexibility index (Phi) is 2.90. The molecule has 1 aliphatic rings. The molecule has 1 saturated heterocycles. The van der Waals surface area contributed by atoms with E-state index in [0.717, 1.165) is 11.8 Å². The van der Waals surface area contributed by atoms with Gasteiger partial charge in [-0.25, -0.2) is 0 Å². The Labute approximate surface area is 62.4 Å². The summed E-state index contributed by atoms with van der Waals surface area (Å²) in [5.74, 6) is 4.93. The number of hydrogen-bond donors (Lipinski definition) is 0. The van der Waals surface area contributed by atoms with Gasteiger partial charge in [0.25, 0.3) is 0 Å². The normalized spacial score (nSPS) is 35.3. The van der Waals surface area contributed by atoms with Crippen LogP contribution in [0.1, 0.15) is 26.7 Å². The van der Waals surface area contributed by atoms with Gasteiger partial charge in [-0.05, 0) is 23.3 Å². The van der Waals surface area contributed by atoms with Gasteiger partial charge in [-0.15, -0.1) is 0 Å². The molecule has 0 spiro atoms. The van der Waals surface area contributed by atoms with E-state index in [1.165, 1.54) is 24.3 Å². The third-order valence-electron chi connectivity index (χ3n) is 2.38. The first-order valence-electron chi connectivity index (χ1n) is 3.96. The fraction of sp³-hybridized carbons (Fsp3) is 1.00. The smallest absolute Gasteiger partial charge is 0.00362 e. The first-order chi connectivity index (χ1) is 4.38. The molecule has 0 N–H and O–H groups in total. The van der Waals surface area contributed by atoms with Crippen LogP contribution >= 0.6 is 11.8 Å². The SMILES string of the molecule is CCC1CSCC1CC. The van der Waals surface area contributed by atoms with E-state index in [4.69, 9.17) is 0 Å². The minimum absolute atomic E-state index is 1.04. The average molecular weight is 144 g/mol. The van der Waals surface area contributed by atoms with Crippen molar-refractivity contribution < 1.29 is 0 Å². The van der Waals surface area contributed by atoms with Crippen LogP contribution < -0.4 is 0 Å². The van der Waals surface area contributed by atoms with E-state index < -0.39 is 0 Å². The summed E-state index contributed by atoms with van der Waals surface area (Å²) in [5.41, 5.74) is 0. The second-order valence-electron chi connectivity index (χ2n) is 2.87. The highest BCUT2D eigenvalue weighted by molar-refractivity contribution is 7.99. The summed E-state index contributed by atoms with van der Waals surface area (Å²) in [6.07, 6.45) is 2.79. The van der Waals surface area contributed by atoms with E-state index in [2.05, 4.69) is 25.6 Å². The summed E-state index contributed by atoms with van der Waals surface area (Å²) < 4.78 is 0. The maximum atomic E-state index is 2.32. The zero-order valence-electron chi connectivity index (χ0n) is 6.39. The Morgan fingerprint density at radius 1 is 1.11 bits per heavy atom. The molecule has 1 fully saturated rings. The maximum Gasteiger partial charge on any atom is -0.00362 e. The maximum absolute atomic E-state index is 2.32. The minimum Gasteiger partial charge on any atom is -0.161 e. The zero-order chi connectivity index (χ0) is 6.69. The molecule has 0 saturated carbocycles. The fourth-order valence-corrected chi connectivity index (χ4v) is 3.30. The standard InChI is InChI=1S/C8H16S/c1-3-7-5-9-6-8(7)4-2/h7-8H,3-6H2,1-2H3. The largest absolute Gasteiger partial charge is 0.161 e. The highest BCUT2D eigenvalue weighted by Crippen LogP contribution is 2.33. The summed E-state index contributed by atoms with van der Waals surface area (Å²) >= 11 is 2.14. The van der Waals surface area contributed by atoms with Crippen molar-refractivity contribution in [3.05, 3.63) is 0 Å². The van der Waals surface area contributed by atoms with Crippen molar-refractivity contribution in [2.45, 2.75) is 26.7 Å². The molecule has 0 aromatic heterocycles. The van der Waals surface area contributed by atoms with Crippen molar-refractivity contribution in [1.82, 2.24) is 0 Å². The fourth-order valence-electron chi connectivity index (χ4n) is 1.55. The van der Waals surface area contributed by atoms with E-state index in [0.29, 0.717) is 0 Å². The molecule has 54 valence electrons. The Hall–Kier alpha value is 0.350. The molecule has 9 heavy (non-hydrogen) atoms. The lowest BCUT2D eigenvalue weighted by Gasteiger charge is -2.13. The monoisotopic (exact) mass is 144 g/mol. The van der Waals surface area contributed by atoms with Crippen LogP contribution in [0.3, 0.4) is 0 Å². The Morgan fingerprint density at radius 2 is 1.56 bits per heavy atom. The number of rotatable bonds is 2. The molecule has 0 amide bonds. The molecule has 1 rings (SSSR count). The van der Waals surface area contributed by atoms with E-state index in [1.807, 2.05) is 0 Å². The molecule has 0 nitrogen and oxygen atoms in total. The van der Waals surface area contributed by atoms with Gasteiger partial charge in [0.2, 0.25) is 0 Å². The van der Waals surface area contributed by atoms with Crippen LogP contribution in [0, 0.1) is 11.8 Å². The van der Waals surface area contributed by atoms with Crippen LogP contribution in [-0.4, -0.2) is 11.5 Å². The Bertz CT molecular complexity index is 70.6. The molecule has 0 radical (unpaired) electrons. The Morgan fingerprint density at radius 3 is 1.89 bits per heavy atom. The van der Waals surface area contributed by atoms with Gasteiger partial charge < -0.3 is 0 Å². The molecule has 0 aliphatic carbocycles. The van der Waals surface area contributed by atoms with Gasteiger partial charge in [0.15, 0.2) is 0 Å². The highest BCUT2D eigenvalue weighted by atomic mass is 32.2. The van der Waals surface area contributed by atoms with Gasteiger partial charge in [-0.2, -0.15) is 11.8 Å². The van der Waals surface area contributed by atoms with Gasteiger partial charge in [-0.3, -0.25) is 0 Å². The van der Waals surface area contributed by atoms with Crippen molar-refractivity contribution in [2.75, 3.05) is 11.5 Å². The molecule has 2 atom stereocenters. The first-order valence-corrected chi connectivity index (χ1v) is 5.11. The second-order valence-corrected chi connectivity index (χ2v) is 3.95. The summed E-state index contributed by atoms with van der Waals surface area (Å²) in [7, 11) is 0. The van der Waals surface area contributed by atoms with E-state index in [-0.39, 0.29) is 0 Å². The summed E-state index contributed by atoms with van der Waals surface area (Å²) in [6, 6.07) is 0. The lowest BCUT2D eigenvalue weighted by atomic mass is 9.92. The van der Waals surface area contributed by atoms with Gasteiger partial charge in [0.05, 0.1) is 0 Å². The van der Waals surface area contributed by atoms with E-state index in [1.54, 1.807) is 0 Å². The topological polar surface area (TPSA) is 0 Å². The average Bonchev–Trinajstić information content (AvgIpc) is 2.33. The third kappa shape index (κ3) is 1.64. The molecule has 2 unspecified atom stereocenters. The summed E-state index contributed by atoms with van der Waals surface area (Å²) in [5, 5.41) is 0. The highest BCUT2D eigenvalue weighted by Gasteiger charge is 2.23. The zero-order valence-corrected chi connectivity index (χ0v) is 7.21. The molecule has 0 bridgehead atoms. The van der Waals surface area contributed by atoms with Crippen molar-refractivity contribution in [3.8, 4) is 0 Å². The van der Waals surface area contributed by atoms with Crippen molar-refractivity contribution >= 4 is 11.8 Å². The number of hydrogen-bond acceptors (Lipinski definition) is 1. The minimum atomic E-state index is 1.04. The lowest BCUT2D eigenvalue weighted by molar-refractivity contribution is 0.397. The molecule has 0 aromatic rings. The Balaban J connectivity index is 2.32. The summed E-state index contributed by atoms with van der Waals surface area (Å²) in [6.45, 7) is 4.64. The molecule has 1 aliphatic heterocycles. The van der Waals surface area contributed by atoms with Gasteiger partial charge in [0, 0.05) is 0 Å². The van der Waals surface area contributed by atoms with Crippen LogP contribution in [-0.2, 0) is 0 Å². The van der Waals surface area contributed by atoms with Crippen molar-refractivity contribution in [1.29, 1.82) is 0 Å². The van der Waals surface area contributed by atoms with E-state index >= 15 is 0 Å². The number of thioether (sulfide) groups is 1. The second kappa shape index (κ2) is 3.50. The van der Waals surface area contributed by atoms with Crippen LogP contribution in [0.4, 0.5) is 0 Å². The predicted octanol–water partition coefficient (Wildman–Crippen LogP) is 2.79. The van der Waals surface area contributed by atoms with Gasteiger partial charge >= 0.3 is 0 Å². The molecule has 1 heteroatoms. The quantitative estimate of drug-likeness (QED) is 0.574. The molecular formula is C8H16S. The predicted molar refractivity (Wildman–Crippen MR) is 44.9 cm³/mol. The van der Waals surface area contributed by atoms with Crippen molar-refractivity contribution in [3.63, 3.8) is 0 Å². The lowest BCUT2D eigenvalue weighted by Crippen LogP contribution is -2.09. The van der Waals surface area contributed by atoms with Crippen molar-refractivity contribution in [2.24, 2.45) is 11.8 Å². The van der Waals surface area contributed by atoms with E-state index in [9.17, 15) is 0 Å². The summed E-state index contributed by atoms with van der Waals surface area (Å²) in [4.78, 5) is 0. The van der Waals surface area contributed by atoms with Crippen LogP contribution in [0.15, 0.2) is 0 Å². The molecule has 1 heterocycles. The van der Waals surface area contributed by atoms with Crippen LogP contribution in [0.5, 0.6) is 0 Å². The van der Waals surface area contributed by atoms with Crippen LogP contribution in [0.2, 0.25) is 0 Å². The van der Waals surface area contributed by atoms with Crippen LogP contribution in [0.25, 0.3) is 0 Å². The van der Waals surface area contributed by atoms with Gasteiger partial charge in [-0.1, -0.05) is 26.7 Å². The molecule has 0 aromatic carbocycles. The molecular weight excluding hydrogens is 128 g/mol. The third-order valence-corrected chi connectivity index (χ3v) is 3.71. The first kappa shape index (κ1) is 7.46.